The van der Waals surface area contributed by atoms with Crippen molar-refractivity contribution < 1.29 is 14.6 Å². The lowest BCUT2D eigenvalue weighted by atomic mass is 9.75. The number of carbonyl (C=O) groups is 1. The normalized spacial score (nSPS) is 17.8. The molecule has 6 heteroatoms. The van der Waals surface area contributed by atoms with Gasteiger partial charge in [-0.3, -0.25) is 9.78 Å². The summed E-state index contributed by atoms with van der Waals surface area (Å²) >= 11 is 0. The molecular weight excluding hydrogens is 258 g/mol. The van der Waals surface area contributed by atoms with Crippen molar-refractivity contribution in [3.05, 3.63) is 12.4 Å². The van der Waals surface area contributed by atoms with Crippen molar-refractivity contribution in [2.24, 2.45) is 5.41 Å². The average Bonchev–Trinajstić information content (AvgIpc) is 2.48. The van der Waals surface area contributed by atoms with Crippen LogP contribution in [0, 0.1) is 5.41 Å². The summed E-state index contributed by atoms with van der Waals surface area (Å²) in [4.78, 5) is 22.1. The second-order valence-corrected chi connectivity index (χ2v) is 5.24. The molecule has 2 rings (SSSR count). The van der Waals surface area contributed by atoms with Gasteiger partial charge in [0.05, 0.1) is 24.9 Å². The fourth-order valence-electron chi connectivity index (χ4n) is 2.80. The fourth-order valence-corrected chi connectivity index (χ4v) is 2.80. The molecule has 0 unspecified atom stereocenters. The van der Waals surface area contributed by atoms with E-state index < -0.39 is 11.4 Å². The van der Waals surface area contributed by atoms with Crippen LogP contribution in [0.25, 0.3) is 0 Å². The van der Waals surface area contributed by atoms with Crippen LogP contribution in [0.4, 0.5) is 5.82 Å². The van der Waals surface area contributed by atoms with Crippen LogP contribution in [0.3, 0.4) is 0 Å². The molecule has 0 spiro atoms. The number of anilines is 1. The number of nitrogens with zero attached hydrogens (tertiary/aromatic N) is 3. The molecule has 0 bridgehead atoms. The molecule has 0 amide bonds. The van der Waals surface area contributed by atoms with Gasteiger partial charge in [-0.25, -0.2) is 0 Å². The summed E-state index contributed by atoms with van der Waals surface area (Å²) in [7, 11) is 1.56. The molecule has 1 aromatic rings. The van der Waals surface area contributed by atoms with Crippen LogP contribution in [-0.4, -0.2) is 41.2 Å². The Morgan fingerprint density at radius 1 is 1.45 bits per heavy atom. The molecule has 1 N–H and O–H groups in total. The van der Waals surface area contributed by atoms with Gasteiger partial charge in [-0.1, -0.05) is 13.3 Å². The van der Waals surface area contributed by atoms with Gasteiger partial charge < -0.3 is 14.7 Å². The van der Waals surface area contributed by atoms with Crippen molar-refractivity contribution in [3.8, 4) is 5.88 Å². The highest BCUT2D eigenvalue weighted by Gasteiger charge is 2.40. The van der Waals surface area contributed by atoms with E-state index in [1.54, 1.807) is 19.5 Å². The quantitative estimate of drug-likeness (QED) is 0.888. The van der Waals surface area contributed by atoms with Gasteiger partial charge in [-0.05, 0) is 19.3 Å². The lowest BCUT2D eigenvalue weighted by Crippen LogP contribution is -2.44. The van der Waals surface area contributed by atoms with Crippen molar-refractivity contribution in [2.45, 2.75) is 32.6 Å². The second-order valence-electron chi connectivity index (χ2n) is 5.24. The number of piperidine rings is 1. The number of carboxylic acid groups (broad SMARTS) is 1. The summed E-state index contributed by atoms with van der Waals surface area (Å²) in [6.45, 7) is 3.41. The third-order valence-corrected chi connectivity index (χ3v) is 4.04. The monoisotopic (exact) mass is 279 g/mol. The average molecular weight is 279 g/mol. The molecule has 0 saturated carbocycles. The van der Waals surface area contributed by atoms with E-state index in [1.165, 1.54) is 0 Å². The van der Waals surface area contributed by atoms with Gasteiger partial charge in [0.25, 0.3) is 0 Å². The molecule has 110 valence electrons. The topological polar surface area (TPSA) is 75.5 Å². The van der Waals surface area contributed by atoms with E-state index in [-0.39, 0.29) is 0 Å². The van der Waals surface area contributed by atoms with Gasteiger partial charge in [0, 0.05) is 13.1 Å². The Balaban J connectivity index is 2.08. The molecule has 2 heterocycles. The third kappa shape index (κ3) is 2.84. The Labute approximate surface area is 118 Å². The smallest absolute Gasteiger partial charge is 0.309 e. The summed E-state index contributed by atoms with van der Waals surface area (Å²) in [5.41, 5.74) is -0.572. The largest absolute Gasteiger partial charge is 0.481 e. The third-order valence-electron chi connectivity index (χ3n) is 4.04. The summed E-state index contributed by atoms with van der Waals surface area (Å²) in [6.07, 6.45) is 6.18. The van der Waals surface area contributed by atoms with Gasteiger partial charge in [-0.2, -0.15) is 4.98 Å². The maximum Gasteiger partial charge on any atom is 0.309 e. The Hall–Kier alpha value is -1.85. The molecule has 6 nitrogen and oxygen atoms in total. The number of methoxy groups -OCH3 is 1. The van der Waals surface area contributed by atoms with E-state index in [0.717, 1.165) is 18.7 Å². The lowest BCUT2D eigenvalue weighted by Gasteiger charge is -2.39. The molecule has 1 aliphatic rings. The zero-order valence-corrected chi connectivity index (χ0v) is 12.0. The summed E-state index contributed by atoms with van der Waals surface area (Å²) < 4.78 is 5.07. The fraction of sp³-hybridized carbons (Fsp3) is 0.643. The Morgan fingerprint density at radius 2 is 2.15 bits per heavy atom. The number of aliphatic carboxylic acids is 1. The minimum atomic E-state index is -0.671. The van der Waals surface area contributed by atoms with Crippen LogP contribution < -0.4 is 9.64 Å². The summed E-state index contributed by atoms with van der Waals surface area (Å²) in [6, 6.07) is 0. The number of aromatic nitrogens is 2. The maximum absolute atomic E-state index is 11.5. The predicted octanol–water partition coefficient (Wildman–Crippen LogP) is 1.96. The van der Waals surface area contributed by atoms with Crippen molar-refractivity contribution in [1.29, 1.82) is 0 Å². The maximum atomic E-state index is 11.5. The molecule has 0 atom stereocenters. The van der Waals surface area contributed by atoms with Crippen molar-refractivity contribution in [2.75, 3.05) is 25.1 Å². The molecule has 0 aliphatic carbocycles. The first-order valence-corrected chi connectivity index (χ1v) is 6.95. The van der Waals surface area contributed by atoms with E-state index in [1.807, 2.05) is 6.92 Å². The zero-order valence-electron chi connectivity index (χ0n) is 12.0. The summed E-state index contributed by atoms with van der Waals surface area (Å²) in [5.74, 6) is 0.557. The van der Waals surface area contributed by atoms with Crippen molar-refractivity contribution in [3.63, 3.8) is 0 Å². The van der Waals surface area contributed by atoms with Crippen LogP contribution in [0.15, 0.2) is 12.4 Å². The Kier molecular flexibility index (Phi) is 4.42. The van der Waals surface area contributed by atoms with E-state index in [9.17, 15) is 9.90 Å². The first kappa shape index (κ1) is 14.6. The van der Waals surface area contributed by atoms with Crippen LogP contribution >= 0.6 is 0 Å². The minimum absolute atomic E-state index is 0.478. The molecule has 1 fully saturated rings. The Morgan fingerprint density at radius 3 is 2.70 bits per heavy atom. The van der Waals surface area contributed by atoms with E-state index in [0.29, 0.717) is 31.8 Å². The van der Waals surface area contributed by atoms with Crippen LogP contribution in [-0.2, 0) is 4.79 Å². The Bertz CT molecular complexity index is 470. The molecule has 20 heavy (non-hydrogen) atoms. The number of hydrogen-bond donors (Lipinski definition) is 1. The first-order valence-electron chi connectivity index (χ1n) is 6.95. The molecule has 1 saturated heterocycles. The second kappa shape index (κ2) is 6.07. The van der Waals surface area contributed by atoms with Crippen LogP contribution in [0.2, 0.25) is 0 Å². The number of ether oxygens (including phenoxy) is 1. The molecule has 1 aliphatic heterocycles. The van der Waals surface area contributed by atoms with E-state index >= 15 is 0 Å². The van der Waals surface area contributed by atoms with Gasteiger partial charge in [0.2, 0.25) is 5.88 Å². The minimum Gasteiger partial charge on any atom is -0.481 e. The highest BCUT2D eigenvalue weighted by atomic mass is 16.5. The van der Waals surface area contributed by atoms with Gasteiger partial charge in [-0.15, -0.1) is 0 Å². The highest BCUT2D eigenvalue weighted by molar-refractivity contribution is 5.75. The first-order chi connectivity index (χ1) is 9.61. The number of hydrogen-bond acceptors (Lipinski definition) is 5. The van der Waals surface area contributed by atoms with Crippen molar-refractivity contribution in [1.82, 2.24) is 9.97 Å². The van der Waals surface area contributed by atoms with Gasteiger partial charge in [0.15, 0.2) is 5.82 Å². The van der Waals surface area contributed by atoms with Crippen LogP contribution in [0.5, 0.6) is 5.88 Å². The lowest BCUT2D eigenvalue weighted by molar-refractivity contribution is -0.150. The van der Waals surface area contributed by atoms with Gasteiger partial charge >= 0.3 is 5.97 Å². The predicted molar refractivity (Wildman–Crippen MR) is 75.0 cm³/mol. The van der Waals surface area contributed by atoms with Crippen molar-refractivity contribution >= 4 is 11.8 Å². The van der Waals surface area contributed by atoms with E-state index in [2.05, 4.69) is 14.9 Å². The van der Waals surface area contributed by atoms with E-state index in [4.69, 9.17) is 4.74 Å². The molecule has 0 aromatic carbocycles. The standard InChI is InChI=1S/C14H21N3O3/c1-3-4-14(13(18)19)5-7-17(8-6-14)11-9-15-10-12(16-11)20-2/h9-10H,3-8H2,1-2H3,(H,18,19). The van der Waals surface area contributed by atoms with Gasteiger partial charge in [0.1, 0.15) is 0 Å². The number of carboxylic acids is 1. The molecular formula is C14H21N3O3. The number of rotatable bonds is 5. The highest BCUT2D eigenvalue weighted by Crippen LogP contribution is 2.37. The summed E-state index contributed by atoms with van der Waals surface area (Å²) in [5, 5.41) is 9.49. The molecule has 0 radical (unpaired) electrons. The zero-order chi connectivity index (χ0) is 14.6. The molecule has 1 aromatic heterocycles. The van der Waals surface area contributed by atoms with Crippen LogP contribution in [0.1, 0.15) is 32.6 Å². The SMILES string of the molecule is CCCC1(C(=O)O)CCN(c2cncc(OC)n2)CC1.